The highest BCUT2D eigenvalue weighted by Crippen LogP contribution is 2.34. The number of hydrogen-bond donors (Lipinski definition) is 3. The maximum atomic E-state index is 10.7. The lowest BCUT2D eigenvalue weighted by Gasteiger charge is -2.36. The number of hydrogen-bond acceptors (Lipinski definition) is 6. The Hall–Kier alpha value is -1.82. The van der Waals surface area contributed by atoms with E-state index >= 15 is 0 Å². The third kappa shape index (κ3) is 2.81. The zero-order valence-corrected chi connectivity index (χ0v) is 12.3. The first-order chi connectivity index (χ1) is 10.1. The topological polar surface area (TPSA) is 97.2 Å². The van der Waals surface area contributed by atoms with Crippen molar-refractivity contribution in [1.82, 2.24) is 10.3 Å². The minimum Gasteiger partial charge on any atom is -0.397 e. The summed E-state index contributed by atoms with van der Waals surface area (Å²) < 4.78 is 4.75. The molecule has 1 saturated carbocycles. The molecule has 0 bridgehead atoms. The average molecular weight is 290 g/mol. The van der Waals surface area contributed by atoms with Gasteiger partial charge in [-0.15, -0.1) is 0 Å². The molecular formula is C15H22N4O2. The summed E-state index contributed by atoms with van der Waals surface area (Å²) in [6.07, 6.45) is 5.07. The molecule has 6 nitrogen and oxygen atoms in total. The van der Waals surface area contributed by atoms with Gasteiger partial charge < -0.3 is 16.2 Å². The second-order valence-electron chi connectivity index (χ2n) is 6.09. The molecule has 1 aromatic heterocycles. The van der Waals surface area contributed by atoms with Gasteiger partial charge in [-0.05, 0) is 54.0 Å². The van der Waals surface area contributed by atoms with Crippen LogP contribution in [0.15, 0.2) is 16.8 Å². The monoisotopic (exact) mass is 290 g/mol. The van der Waals surface area contributed by atoms with Gasteiger partial charge in [-0.3, -0.25) is 0 Å². The van der Waals surface area contributed by atoms with E-state index in [1.54, 1.807) is 6.07 Å². The van der Waals surface area contributed by atoms with Crippen molar-refractivity contribution < 1.29 is 9.74 Å². The number of rotatable bonds is 4. The predicted molar refractivity (Wildman–Crippen MR) is 81.9 cm³/mol. The molecule has 0 amide bonds. The lowest BCUT2D eigenvalue weighted by molar-refractivity contribution is 0.00231. The molecule has 4 N–H and O–H groups in total. The smallest absolute Gasteiger partial charge is 0.160 e. The van der Waals surface area contributed by atoms with Gasteiger partial charge in [-0.2, -0.15) is 0 Å². The molecule has 21 heavy (non-hydrogen) atoms. The molecule has 1 aliphatic rings. The molecule has 0 spiro atoms. The minimum atomic E-state index is -0.642. The molecule has 0 atom stereocenters. The van der Waals surface area contributed by atoms with Crippen LogP contribution < -0.4 is 11.1 Å². The van der Waals surface area contributed by atoms with E-state index in [2.05, 4.69) is 22.6 Å². The number of nitrogen functional groups attached to an aromatic ring is 1. The van der Waals surface area contributed by atoms with Crippen molar-refractivity contribution >= 4 is 22.4 Å². The number of nitrogens with two attached hydrogens (primary N) is 1. The van der Waals surface area contributed by atoms with Gasteiger partial charge >= 0.3 is 0 Å². The Morgan fingerprint density at radius 1 is 1.33 bits per heavy atom. The number of aromatic nitrogens is 2. The second kappa shape index (κ2) is 5.52. The van der Waals surface area contributed by atoms with Crippen LogP contribution in [-0.2, 0) is 0 Å². The van der Waals surface area contributed by atoms with Crippen LogP contribution in [-0.4, -0.2) is 27.6 Å². The first-order valence-corrected chi connectivity index (χ1v) is 7.58. The molecule has 0 radical (unpaired) electrons. The van der Waals surface area contributed by atoms with Crippen molar-refractivity contribution in [1.29, 1.82) is 0 Å². The Labute approximate surface area is 123 Å². The van der Waals surface area contributed by atoms with Crippen LogP contribution in [0.2, 0.25) is 0 Å². The lowest BCUT2D eigenvalue weighted by Crippen LogP contribution is -2.40. The number of benzene rings is 1. The third-order valence-electron chi connectivity index (χ3n) is 4.67. The number of aliphatic hydroxyl groups is 1. The molecule has 2 aromatic rings. The van der Waals surface area contributed by atoms with Crippen LogP contribution in [0.1, 0.15) is 39.0 Å². The van der Waals surface area contributed by atoms with E-state index in [4.69, 9.17) is 10.4 Å². The number of fused-ring (bicyclic) bond motifs is 1. The van der Waals surface area contributed by atoms with Gasteiger partial charge in [0.2, 0.25) is 0 Å². The highest BCUT2D eigenvalue weighted by atomic mass is 16.6. The molecule has 0 saturated heterocycles. The van der Waals surface area contributed by atoms with Crippen molar-refractivity contribution in [3.8, 4) is 0 Å². The Kier molecular flexibility index (Phi) is 3.71. The van der Waals surface area contributed by atoms with Gasteiger partial charge in [0.15, 0.2) is 11.0 Å². The number of anilines is 2. The molecule has 6 heteroatoms. The zero-order chi connectivity index (χ0) is 14.9. The molecule has 0 unspecified atom stereocenters. The summed E-state index contributed by atoms with van der Waals surface area (Å²) in [4.78, 5) is 0. The molecular weight excluding hydrogens is 268 g/mol. The number of nitrogens with zero attached hydrogens (tertiary/aromatic N) is 2. The van der Waals surface area contributed by atoms with Crippen molar-refractivity contribution in [2.24, 2.45) is 5.92 Å². The maximum Gasteiger partial charge on any atom is 0.160 e. The van der Waals surface area contributed by atoms with E-state index < -0.39 is 5.60 Å². The predicted octanol–water partition coefficient (Wildman–Crippen LogP) is 2.55. The summed E-state index contributed by atoms with van der Waals surface area (Å²) in [7, 11) is 0. The minimum absolute atomic E-state index is 0.509. The van der Waals surface area contributed by atoms with E-state index in [9.17, 15) is 5.11 Å². The molecule has 3 rings (SSSR count). The molecule has 1 aromatic carbocycles. The summed E-state index contributed by atoms with van der Waals surface area (Å²) in [5.41, 5.74) is 7.69. The summed E-state index contributed by atoms with van der Waals surface area (Å²) >= 11 is 0. The quantitative estimate of drug-likeness (QED) is 0.749. The third-order valence-corrected chi connectivity index (χ3v) is 4.67. The molecule has 1 heterocycles. The normalized spacial score (nSPS) is 26.1. The van der Waals surface area contributed by atoms with E-state index in [1.165, 1.54) is 6.42 Å². The SMILES string of the molecule is CCC1CCC(O)(CNc2ccc(N)c3nonc23)CC1. The van der Waals surface area contributed by atoms with E-state index in [1.807, 2.05) is 6.07 Å². The van der Waals surface area contributed by atoms with Crippen LogP contribution in [0.4, 0.5) is 11.4 Å². The summed E-state index contributed by atoms with van der Waals surface area (Å²) in [6.45, 7) is 2.73. The fraction of sp³-hybridized carbons (Fsp3) is 0.600. The Bertz CT molecular complexity index is 617. The van der Waals surface area contributed by atoms with Crippen LogP contribution in [0.25, 0.3) is 11.0 Å². The van der Waals surface area contributed by atoms with Crippen LogP contribution in [0.5, 0.6) is 0 Å². The fourth-order valence-electron chi connectivity index (χ4n) is 3.09. The largest absolute Gasteiger partial charge is 0.397 e. The maximum absolute atomic E-state index is 10.7. The van der Waals surface area contributed by atoms with Gasteiger partial charge in [-0.1, -0.05) is 13.3 Å². The Balaban J connectivity index is 1.69. The molecule has 1 fully saturated rings. The molecule has 0 aliphatic heterocycles. The highest BCUT2D eigenvalue weighted by molar-refractivity contribution is 5.94. The second-order valence-corrected chi connectivity index (χ2v) is 6.09. The zero-order valence-electron chi connectivity index (χ0n) is 12.3. The lowest BCUT2D eigenvalue weighted by atomic mass is 9.78. The van der Waals surface area contributed by atoms with Crippen molar-refractivity contribution in [2.45, 2.75) is 44.6 Å². The standard InChI is InChI=1S/C15H22N4O2/c1-2-10-5-7-15(20,8-6-10)9-17-12-4-3-11(16)13-14(12)19-21-18-13/h3-4,10,17,20H,2,5-9,16H2,1H3. The van der Waals surface area contributed by atoms with Gasteiger partial charge in [-0.25, -0.2) is 4.63 Å². The van der Waals surface area contributed by atoms with Gasteiger partial charge in [0.1, 0.15) is 0 Å². The van der Waals surface area contributed by atoms with Crippen LogP contribution in [0, 0.1) is 5.92 Å². The van der Waals surface area contributed by atoms with Crippen molar-refractivity contribution in [3.63, 3.8) is 0 Å². The number of nitrogens with one attached hydrogen (secondary N) is 1. The van der Waals surface area contributed by atoms with Crippen LogP contribution in [0.3, 0.4) is 0 Å². The molecule has 114 valence electrons. The van der Waals surface area contributed by atoms with Crippen molar-refractivity contribution in [3.05, 3.63) is 12.1 Å². The molecule has 1 aliphatic carbocycles. The van der Waals surface area contributed by atoms with E-state index in [0.29, 0.717) is 23.3 Å². The van der Waals surface area contributed by atoms with Gasteiger partial charge in [0.05, 0.1) is 17.0 Å². The fourth-order valence-corrected chi connectivity index (χ4v) is 3.09. The Morgan fingerprint density at radius 3 is 2.76 bits per heavy atom. The van der Waals surface area contributed by atoms with Gasteiger partial charge in [0, 0.05) is 6.54 Å². The average Bonchev–Trinajstić information content (AvgIpc) is 2.98. The summed E-state index contributed by atoms with van der Waals surface area (Å²) in [6, 6.07) is 3.62. The first kappa shape index (κ1) is 14.1. The Morgan fingerprint density at radius 2 is 2.05 bits per heavy atom. The van der Waals surface area contributed by atoms with Crippen LogP contribution >= 0.6 is 0 Å². The van der Waals surface area contributed by atoms with Gasteiger partial charge in [0.25, 0.3) is 0 Å². The van der Waals surface area contributed by atoms with E-state index in [0.717, 1.165) is 37.3 Å². The van der Waals surface area contributed by atoms with Crippen molar-refractivity contribution in [2.75, 3.05) is 17.6 Å². The first-order valence-electron chi connectivity index (χ1n) is 7.58. The highest BCUT2D eigenvalue weighted by Gasteiger charge is 2.32. The summed E-state index contributed by atoms with van der Waals surface area (Å²) in [5.74, 6) is 0.758. The summed E-state index contributed by atoms with van der Waals surface area (Å²) in [5, 5.41) is 21.6. The van der Waals surface area contributed by atoms with E-state index in [-0.39, 0.29) is 0 Å².